The van der Waals surface area contributed by atoms with Gasteiger partial charge in [0.05, 0.1) is 17.4 Å². The molecule has 2 aliphatic rings. The number of para-hydroxylation sites is 2. The predicted octanol–water partition coefficient (Wildman–Crippen LogP) is 1.02. The molecule has 4 rings (SSSR count). The normalized spacial score (nSPS) is 24.3. The first-order valence-corrected chi connectivity index (χ1v) is 8.47. The van der Waals surface area contributed by atoms with Gasteiger partial charge in [0.1, 0.15) is 0 Å². The van der Waals surface area contributed by atoms with Gasteiger partial charge in [-0.2, -0.15) is 0 Å². The molecule has 0 spiro atoms. The van der Waals surface area contributed by atoms with E-state index in [1.807, 2.05) is 6.33 Å². The topological polar surface area (TPSA) is 36.3 Å². The Morgan fingerprint density at radius 3 is 2.77 bits per heavy atom. The molecule has 2 aliphatic heterocycles. The van der Waals surface area contributed by atoms with E-state index in [1.165, 1.54) is 51.2 Å². The molecule has 5 nitrogen and oxygen atoms in total. The lowest BCUT2D eigenvalue weighted by Crippen LogP contribution is -2.51. The molecule has 0 aliphatic carbocycles. The van der Waals surface area contributed by atoms with E-state index in [1.54, 1.807) is 0 Å². The molecule has 0 amide bonds. The number of fused-ring (bicyclic) bond motifs is 1. The minimum atomic E-state index is 0.778. The van der Waals surface area contributed by atoms with E-state index in [0.29, 0.717) is 0 Å². The van der Waals surface area contributed by atoms with Crippen LogP contribution in [-0.4, -0.2) is 71.2 Å². The number of nitrogens with one attached hydrogen (secondary N) is 1. The Morgan fingerprint density at radius 1 is 1.09 bits per heavy atom. The smallest absolute Gasteiger partial charge is 0.0958 e. The maximum absolute atomic E-state index is 4.48. The molecule has 0 radical (unpaired) electrons. The van der Waals surface area contributed by atoms with Gasteiger partial charge >= 0.3 is 0 Å². The molecule has 2 aromatic rings. The van der Waals surface area contributed by atoms with Crippen LogP contribution in [0.4, 0.5) is 0 Å². The Bertz CT molecular complexity index is 608. The molecule has 0 bridgehead atoms. The van der Waals surface area contributed by atoms with Crippen LogP contribution in [-0.2, 0) is 6.54 Å². The third-order valence-corrected chi connectivity index (χ3v) is 5.14. The molecule has 5 heteroatoms. The van der Waals surface area contributed by atoms with Crippen molar-refractivity contribution in [2.75, 3.05) is 45.8 Å². The molecule has 2 saturated heterocycles. The first kappa shape index (κ1) is 14.2. The fourth-order valence-corrected chi connectivity index (χ4v) is 3.74. The van der Waals surface area contributed by atoms with Crippen LogP contribution in [0.1, 0.15) is 6.42 Å². The molecule has 1 aromatic heterocycles. The molecular weight excluding hydrogens is 274 g/mol. The zero-order chi connectivity index (χ0) is 14.8. The highest BCUT2D eigenvalue weighted by atomic mass is 15.3. The van der Waals surface area contributed by atoms with Gasteiger partial charge in [0, 0.05) is 51.9 Å². The summed E-state index contributed by atoms with van der Waals surface area (Å²) in [6.45, 7) is 9.36. The summed E-state index contributed by atoms with van der Waals surface area (Å²) in [5, 5.41) is 3.48. The van der Waals surface area contributed by atoms with E-state index >= 15 is 0 Å². The van der Waals surface area contributed by atoms with E-state index in [4.69, 9.17) is 0 Å². The van der Waals surface area contributed by atoms with Crippen LogP contribution in [0.25, 0.3) is 11.0 Å². The van der Waals surface area contributed by atoms with Crippen molar-refractivity contribution in [2.45, 2.75) is 19.0 Å². The first-order chi connectivity index (χ1) is 10.9. The van der Waals surface area contributed by atoms with Gasteiger partial charge in [-0.1, -0.05) is 12.1 Å². The Labute approximate surface area is 131 Å². The molecule has 3 heterocycles. The highest BCUT2D eigenvalue weighted by Crippen LogP contribution is 2.14. The largest absolute Gasteiger partial charge is 0.329 e. The van der Waals surface area contributed by atoms with Crippen LogP contribution in [0.2, 0.25) is 0 Å². The van der Waals surface area contributed by atoms with Crippen molar-refractivity contribution in [2.24, 2.45) is 0 Å². The maximum Gasteiger partial charge on any atom is 0.0958 e. The SMILES string of the molecule is c1ccc2c(c1)ncn2CCN1CCN(C2CCNC2)CC1. The van der Waals surface area contributed by atoms with Crippen molar-refractivity contribution >= 4 is 11.0 Å². The molecule has 22 heavy (non-hydrogen) atoms. The average molecular weight is 299 g/mol. The second-order valence-electron chi connectivity index (χ2n) is 6.45. The average Bonchev–Trinajstić information content (AvgIpc) is 3.23. The fraction of sp³-hybridized carbons (Fsp3) is 0.588. The second kappa shape index (κ2) is 6.36. The summed E-state index contributed by atoms with van der Waals surface area (Å²) in [6.07, 6.45) is 3.30. The summed E-state index contributed by atoms with van der Waals surface area (Å²) < 4.78 is 2.28. The zero-order valence-electron chi connectivity index (χ0n) is 13.1. The fourth-order valence-electron chi connectivity index (χ4n) is 3.74. The third kappa shape index (κ3) is 2.89. The molecule has 1 atom stereocenters. The van der Waals surface area contributed by atoms with Crippen molar-refractivity contribution in [1.29, 1.82) is 0 Å². The van der Waals surface area contributed by atoms with Crippen molar-refractivity contribution in [1.82, 2.24) is 24.7 Å². The number of benzene rings is 1. The molecule has 0 saturated carbocycles. The first-order valence-electron chi connectivity index (χ1n) is 8.47. The summed E-state index contributed by atoms with van der Waals surface area (Å²) in [6, 6.07) is 9.17. The van der Waals surface area contributed by atoms with E-state index < -0.39 is 0 Å². The van der Waals surface area contributed by atoms with Gasteiger partial charge in [-0.05, 0) is 25.1 Å². The van der Waals surface area contributed by atoms with Crippen molar-refractivity contribution in [3.05, 3.63) is 30.6 Å². The zero-order valence-corrected chi connectivity index (χ0v) is 13.1. The van der Waals surface area contributed by atoms with Crippen LogP contribution < -0.4 is 5.32 Å². The monoisotopic (exact) mass is 299 g/mol. The van der Waals surface area contributed by atoms with Crippen molar-refractivity contribution in [3.63, 3.8) is 0 Å². The number of hydrogen-bond acceptors (Lipinski definition) is 4. The minimum Gasteiger partial charge on any atom is -0.329 e. The number of piperazine rings is 1. The molecule has 1 N–H and O–H groups in total. The molecule has 2 fully saturated rings. The van der Waals surface area contributed by atoms with E-state index in [-0.39, 0.29) is 0 Å². The summed E-state index contributed by atoms with van der Waals surface area (Å²) in [5.41, 5.74) is 2.35. The highest BCUT2D eigenvalue weighted by Gasteiger charge is 2.25. The van der Waals surface area contributed by atoms with Crippen LogP contribution in [0.15, 0.2) is 30.6 Å². The lowest BCUT2D eigenvalue weighted by Gasteiger charge is -2.37. The third-order valence-electron chi connectivity index (χ3n) is 5.14. The highest BCUT2D eigenvalue weighted by molar-refractivity contribution is 5.74. The number of aromatic nitrogens is 2. The number of hydrogen-bond donors (Lipinski definition) is 1. The van der Waals surface area contributed by atoms with Gasteiger partial charge < -0.3 is 9.88 Å². The number of rotatable bonds is 4. The predicted molar refractivity (Wildman–Crippen MR) is 89.0 cm³/mol. The quantitative estimate of drug-likeness (QED) is 0.914. The van der Waals surface area contributed by atoms with E-state index in [9.17, 15) is 0 Å². The van der Waals surface area contributed by atoms with Gasteiger partial charge in [0.15, 0.2) is 0 Å². The maximum atomic E-state index is 4.48. The summed E-state index contributed by atoms with van der Waals surface area (Å²) in [4.78, 5) is 9.74. The molecular formula is C17H25N5. The van der Waals surface area contributed by atoms with Crippen LogP contribution in [0.3, 0.4) is 0 Å². The minimum absolute atomic E-state index is 0.778. The van der Waals surface area contributed by atoms with Gasteiger partial charge in [0.25, 0.3) is 0 Å². The molecule has 1 unspecified atom stereocenters. The van der Waals surface area contributed by atoms with E-state index in [0.717, 1.165) is 24.6 Å². The van der Waals surface area contributed by atoms with Gasteiger partial charge in [0.2, 0.25) is 0 Å². The van der Waals surface area contributed by atoms with Crippen LogP contribution in [0, 0.1) is 0 Å². The Balaban J connectivity index is 1.30. The Hall–Kier alpha value is -1.43. The van der Waals surface area contributed by atoms with Crippen LogP contribution in [0.5, 0.6) is 0 Å². The second-order valence-corrected chi connectivity index (χ2v) is 6.45. The Kier molecular flexibility index (Phi) is 4.10. The van der Waals surface area contributed by atoms with Gasteiger partial charge in [-0.25, -0.2) is 4.98 Å². The van der Waals surface area contributed by atoms with E-state index in [2.05, 4.69) is 48.9 Å². The number of imidazole rings is 1. The van der Waals surface area contributed by atoms with Gasteiger partial charge in [-0.3, -0.25) is 9.80 Å². The lowest BCUT2D eigenvalue weighted by atomic mass is 10.2. The number of nitrogens with zero attached hydrogens (tertiary/aromatic N) is 4. The molecule has 1 aromatic carbocycles. The molecule has 118 valence electrons. The lowest BCUT2D eigenvalue weighted by molar-refractivity contribution is 0.100. The summed E-state index contributed by atoms with van der Waals surface area (Å²) >= 11 is 0. The van der Waals surface area contributed by atoms with Crippen LogP contribution >= 0.6 is 0 Å². The van der Waals surface area contributed by atoms with Crippen molar-refractivity contribution in [3.8, 4) is 0 Å². The Morgan fingerprint density at radius 2 is 1.95 bits per heavy atom. The van der Waals surface area contributed by atoms with Gasteiger partial charge in [-0.15, -0.1) is 0 Å². The summed E-state index contributed by atoms with van der Waals surface area (Å²) in [5.74, 6) is 0. The summed E-state index contributed by atoms with van der Waals surface area (Å²) in [7, 11) is 0. The standard InChI is InChI=1S/C17H25N5/c1-2-4-17-16(3-1)19-14-22(17)12-9-20-7-10-21(11-8-20)15-5-6-18-13-15/h1-4,14-15,18H,5-13H2. The van der Waals surface area contributed by atoms with Crippen molar-refractivity contribution < 1.29 is 0 Å².